The molecule has 6 heteroatoms. The molecule has 0 saturated carbocycles. The Balaban J connectivity index is 2.07. The van der Waals surface area contributed by atoms with Gasteiger partial charge in [0, 0.05) is 6.54 Å². The van der Waals surface area contributed by atoms with E-state index >= 15 is 0 Å². The number of nitrogens with two attached hydrogens (primary N) is 1. The van der Waals surface area contributed by atoms with E-state index in [2.05, 4.69) is 36.3 Å². The van der Waals surface area contributed by atoms with Crippen molar-refractivity contribution in [2.75, 3.05) is 11.1 Å². The summed E-state index contributed by atoms with van der Waals surface area (Å²) < 4.78 is 0. The quantitative estimate of drug-likeness (QED) is 0.649. The average molecular weight is 286 g/mol. The maximum Gasteiger partial charge on any atom is 0.276 e. The summed E-state index contributed by atoms with van der Waals surface area (Å²) in [7, 11) is 0. The normalized spacial score (nSPS) is 10.6. The zero-order chi connectivity index (χ0) is 15.4. The second-order valence-corrected chi connectivity index (χ2v) is 5.14. The monoisotopic (exact) mass is 286 g/mol. The van der Waals surface area contributed by atoms with Crippen LogP contribution in [0.2, 0.25) is 0 Å². The van der Waals surface area contributed by atoms with Gasteiger partial charge in [0.1, 0.15) is 11.6 Å². The van der Waals surface area contributed by atoms with Gasteiger partial charge in [-0.2, -0.15) is 0 Å². The number of benzene rings is 1. The lowest BCUT2D eigenvalue weighted by Gasteiger charge is -2.09. The van der Waals surface area contributed by atoms with Gasteiger partial charge >= 0.3 is 0 Å². The zero-order valence-corrected chi connectivity index (χ0v) is 12.0. The molecule has 2 rings (SSSR count). The van der Waals surface area contributed by atoms with Crippen LogP contribution in [0.4, 0.5) is 17.3 Å². The standard InChI is InChI=1S/C15H18N4O2/c1-10(2)12-5-3-11(4-6-12)9-17-15-8-13(19(20)21)7-14(16)18-15/h3-8,10H,9H2,1-2H3,(H3,16,17,18). The fourth-order valence-electron chi connectivity index (χ4n) is 1.95. The van der Waals surface area contributed by atoms with Crippen LogP contribution in [-0.4, -0.2) is 9.91 Å². The number of anilines is 2. The predicted octanol–water partition coefficient (Wildman–Crippen LogP) is 3.31. The third-order valence-electron chi connectivity index (χ3n) is 3.16. The van der Waals surface area contributed by atoms with Crippen molar-refractivity contribution in [2.45, 2.75) is 26.3 Å². The summed E-state index contributed by atoms with van der Waals surface area (Å²) >= 11 is 0. The highest BCUT2D eigenvalue weighted by atomic mass is 16.6. The van der Waals surface area contributed by atoms with Gasteiger partial charge < -0.3 is 11.1 Å². The number of pyridine rings is 1. The van der Waals surface area contributed by atoms with Crippen molar-refractivity contribution >= 4 is 17.3 Å². The van der Waals surface area contributed by atoms with E-state index in [0.717, 1.165) is 5.56 Å². The summed E-state index contributed by atoms with van der Waals surface area (Å²) in [6.07, 6.45) is 0. The van der Waals surface area contributed by atoms with E-state index in [9.17, 15) is 10.1 Å². The first kappa shape index (κ1) is 14.8. The largest absolute Gasteiger partial charge is 0.383 e. The van der Waals surface area contributed by atoms with Crippen molar-refractivity contribution in [1.82, 2.24) is 4.98 Å². The summed E-state index contributed by atoms with van der Waals surface area (Å²) in [5, 5.41) is 13.8. The molecule has 0 aliphatic rings. The SMILES string of the molecule is CC(C)c1ccc(CNc2cc([N+](=O)[O-])cc(N)n2)cc1. The minimum Gasteiger partial charge on any atom is -0.383 e. The zero-order valence-electron chi connectivity index (χ0n) is 12.0. The Morgan fingerprint density at radius 1 is 1.29 bits per heavy atom. The molecular weight excluding hydrogens is 268 g/mol. The molecule has 0 bridgehead atoms. The van der Waals surface area contributed by atoms with Gasteiger partial charge in [0.25, 0.3) is 5.69 Å². The van der Waals surface area contributed by atoms with Crippen LogP contribution in [-0.2, 0) is 6.54 Å². The number of nitrogens with one attached hydrogen (secondary N) is 1. The number of nitro groups is 1. The number of nitrogens with zero attached hydrogens (tertiary/aromatic N) is 2. The molecule has 2 aromatic rings. The smallest absolute Gasteiger partial charge is 0.276 e. The molecule has 3 N–H and O–H groups in total. The molecular formula is C15H18N4O2. The lowest BCUT2D eigenvalue weighted by molar-refractivity contribution is -0.384. The van der Waals surface area contributed by atoms with Gasteiger partial charge in [-0.15, -0.1) is 0 Å². The molecule has 21 heavy (non-hydrogen) atoms. The van der Waals surface area contributed by atoms with Gasteiger partial charge in [-0.1, -0.05) is 38.1 Å². The predicted molar refractivity (Wildman–Crippen MR) is 83.2 cm³/mol. The number of hydrogen-bond donors (Lipinski definition) is 2. The van der Waals surface area contributed by atoms with Crippen molar-refractivity contribution in [3.63, 3.8) is 0 Å². The van der Waals surface area contributed by atoms with Crippen molar-refractivity contribution < 1.29 is 4.92 Å². The van der Waals surface area contributed by atoms with Crippen molar-refractivity contribution in [3.05, 3.63) is 57.6 Å². The summed E-state index contributed by atoms with van der Waals surface area (Å²) in [6.45, 7) is 4.82. The molecule has 0 atom stereocenters. The molecule has 0 unspecified atom stereocenters. The Morgan fingerprint density at radius 2 is 1.95 bits per heavy atom. The number of aromatic nitrogens is 1. The van der Waals surface area contributed by atoms with Crippen LogP contribution in [0.3, 0.4) is 0 Å². The maximum absolute atomic E-state index is 10.8. The highest BCUT2D eigenvalue weighted by molar-refractivity contribution is 5.52. The molecule has 0 aliphatic carbocycles. The van der Waals surface area contributed by atoms with Gasteiger partial charge in [0.15, 0.2) is 0 Å². The minimum atomic E-state index is -0.485. The Hall–Kier alpha value is -2.63. The Bertz CT molecular complexity index is 639. The molecule has 1 aromatic heterocycles. The fourth-order valence-corrected chi connectivity index (χ4v) is 1.95. The topological polar surface area (TPSA) is 94.1 Å². The third-order valence-corrected chi connectivity index (χ3v) is 3.16. The van der Waals surface area contributed by atoms with Crippen LogP contribution >= 0.6 is 0 Å². The summed E-state index contributed by atoms with van der Waals surface area (Å²) in [5.41, 5.74) is 7.84. The second-order valence-electron chi connectivity index (χ2n) is 5.14. The van der Waals surface area contributed by atoms with Crippen molar-refractivity contribution in [1.29, 1.82) is 0 Å². The molecule has 0 amide bonds. The number of rotatable bonds is 5. The summed E-state index contributed by atoms with van der Waals surface area (Å²) in [6, 6.07) is 10.8. The summed E-state index contributed by atoms with van der Waals surface area (Å²) in [5.74, 6) is 1.02. The van der Waals surface area contributed by atoms with Crippen LogP contribution in [0.5, 0.6) is 0 Å². The van der Waals surface area contributed by atoms with Crippen molar-refractivity contribution in [2.24, 2.45) is 0 Å². The van der Waals surface area contributed by atoms with Crippen LogP contribution in [0.1, 0.15) is 30.9 Å². The van der Waals surface area contributed by atoms with E-state index in [1.807, 2.05) is 12.1 Å². The number of nitrogen functional groups attached to an aromatic ring is 1. The molecule has 1 aromatic carbocycles. The van der Waals surface area contributed by atoms with E-state index in [4.69, 9.17) is 5.73 Å². The Kier molecular flexibility index (Phi) is 4.37. The van der Waals surface area contributed by atoms with E-state index in [-0.39, 0.29) is 11.5 Å². The van der Waals surface area contributed by atoms with Crippen molar-refractivity contribution in [3.8, 4) is 0 Å². The second kappa shape index (κ2) is 6.21. The maximum atomic E-state index is 10.8. The first-order chi connectivity index (χ1) is 9.95. The van der Waals surface area contributed by atoms with Gasteiger partial charge in [-0.05, 0) is 17.0 Å². The lowest BCUT2D eigenvalue weighted by Crippen LogP contribution is -2.04. The number of hydrogen-bond acceptors (Lipinski definition) is 5. The molecule has 6 nitrogen and oxygen atoms in total. The molecule has 1 heterocycles. The molecule has 0 saturated heterocycles. The molecule has 0 fully saturated rings. The van der Waals surface area contributed by atoms with Crippen LogP contribution in [0.25, 0.3) is 0 Å². The van der Waals surface area contributed by atoms with E-state index < -0.39 is 4.92 Å². The van der Waals surface area contributed by atoms with Gasteiger partial charge in [0.2, 0.25) is 0 Å². The fraction of sp³-hybridized carbons (Fsp3) is 0.267. The van der Waals surface area contributed by atoms with Crippen LogP contribution in [0, 0.1) is 10.1 Å². The van der Waals surface area contributed by atoms with E-state index in [0.29, 0.717) is 18.3 Å². The highest BCUT2D eigenvalue weighted by Crippen LogP contribution is 2.20. The summed E-state index contributed by atoms with van der Waals surface area (Å²) in [4.78, 5) is 14.3. The Morgan fingerprint density at radius 3 is 2.52 bits per heavy atom. The van der Waals surface area contributed by atoms with Crippen LogP contribution in [0.15, 0.2) is 36.4 Å². The molecule has 0 radical (unpaired) electrons. The molecule has 110 valence electrons. The van der Waals surface area contributed by atoms with Gasteiger partial charge in [0.05, 0.1) is 17.1 Å². The average Bonchev–Trinajstić information content (AvgIpc) is 2.45. The molecule has 0 aliphatic heterocycles. The third kappa shape index (κ3) is 3.92. The highest BCUT2D eigenvalue weighted by Gasteiger charge is 2.09. The first-order valence-corrected chi connectivity index (χ1v) is 6.70. The van der Waals surface area contributed by atoms with Gasteiger partial charge in [-0.25, -0.2) is 4.98 Å². The lowest BCUT2D eigenvalue weighted by atomic mass is 10.0. The first-order valence-electron chi connectivity index (χ1n) is 6.70. The van der Waals surface area contributed by atoms with E-state index in [1.165, 1.54) is 17.7 Å². The van der Waals surface area contributed by atoms with E-state index in [1.54, 1.807) is 0 Å². The Labute approximate surface area is 123 Å². The minimum absolute atomic E-state index is 0.0693. The van der Waals surface area contributed by atoms with Crippen LogP contribution < -0.4 is 11.1 Å². The van der Waals surface area contributed by atoms with Gasteiger partial charge in [-0.3, -0.25) is 10.1 Å². The molecule has 0 spiro atoms.